The Morgan fingerprint density at radius 3 is 2.67 bits per heavy atom. The molecule has 12 heavy (non-hydrogen) atoms. The molecule has 1 atom stereocenters. The van der Waals surface area contributed by atoms with Crippen LogP contribution in [-0.2, 0) is 0 Å². The summed E-state index contributed by atoms with van der Waals surface area (Å²) in [6.07, 6.45) is 5.25. The molecular weight excluding hydrogens is 151 g/mol. The molecule has 0 aromatic heterocycles. The van der Waals surface area contributed by atoms with Crippen LogP contribution in [-0.4, -0.2) is 0 Å². The predicted octanol–water partition coefficient (Wildman–Crippen LogP) is 2.87. The van der Waals surface area contributed by atoms with E-state index in [0.717, 1.165) is 5.56 Å². The number of halogens is 1. The van der Waals surface area contributed by atoms with E-state index in [-0.39, 0.29) is 11.7 Å². The van der Waals surface area contributed by atoms with Gasteiger partial charge in [-0.2, -0.15) is 0 Å². The molecule has 0 radical (unpaired) electrons. The maximum absolute atomic E-state index is 12.8. The van der Waals surface area contributed by atoms with Crippen molar-refractivity contribution in [2.45, 2.75) is 19.8 Å². The highest BCUT2D eigenvalue weighted by atomic mass is 19.1. The molecule has 0 bridgehead atoms. The lowest BCUT2D eigenvalue weighted by Crippen LogP contribution is -1.91. The third-order valence-electron chi connectivity index (χ3n) is 1.93. The second-order valence-corrected chi connectivity index (χ2v) is 2.90. The number of aryl methyl sites for hydroxylation is 1. The first-order valence-corrected chi connectivity index (χ1v) is 3.87. The molecule has 0 amide bonds. The Morgan fingerprint density at radius 2 is 2.17 bits per heavy atom. The molecule has 1 unspecified atom stereocenters. The summed E-state index contributed by atoms with van der Waals surface area (Å²) in [7, 11) is 0. The zero-order valence-electron chi connectivity index (χ0n) is 7.26. The number of benzene rings is 1. The molecule has 1 aromatic rings. The SMILES string of the molecule is C#CC(C)c1ccc(F)c(C)c1. The number of terminal acetylenes is 1. The van der Waals surface area contributed by atoms with Gasteiger partial charge >= 0.3 is 0 Å². The fourth-order valence-corrected chi connectivity index (χ4v) is 1.03. The van der Waals surface area contributed by atoms with Gasteiger partial charge in [0.05, 0.1) is 0 Å². The molecule has 0 saturated carbocycles. The molecule has 0 aliphatic carbocycles. The largest absolute Gasteiger partial charge is 0.207 e. The van der Waals surface area contributed by atoms with E-state index < -0.39 is 0 Å². The van der Waals surface area contributed by atoms with E-state index in [0.29, 0.717) is 5.56 Å². The van der Waals surface area contributed by atoms with Gasteiger partial charge in [-0.15, -0.1) is 6.42 Å². The van der Waals surface area contributed by atoms with Crippen LogP contribution in [0.2, 0.25) is 0 Å². The molecule has 0 aliphatic heterocycles. The van der Waals surface area contributed by atoms with Crippen molar-refractivity contribution in [1.82, 2.24) is 0 Å². The summed E-state index contributed by atoms with van der Waals surface area (Å²) >= 11 is 0. The van der Waals surface area contributed by atoms with Crippen LogP contribution in [0.1, 0.15) is 24.0 Å². The van der Waals surface area contributed by atoms with Crippen LogP contribution in [0.25, 0.3) is 0 Å². The zero-order valence-corrected chi connectivity index (χ0v) is 7.26. The summed E-state index contributed by atoms with van der Waals surface area (Å²) in [5.74, 6) is 2.49. The maximum Gasteiger partial charge on any atom is 0.126 e. The normalized spacial score (nSPS) is 12.2. The van der Waals surface area contributed by atoms with Gasteiger partial charge in [0, 0.05) is 5.92 Å². The van der Waals surface area contributed by atoms with Crippen molar-refractivity contribution in [3.63, 3.8) is 0 Å². The minimum atomic E-state index is -0.178. The lowest BCUT2D eigenvalue weighted by atomic mass is 10.0. The molecule has 1 heteroatoms. The summed E-state index contributed by atoms with van der Waals surface area (Å²) < 4.78 is 12.8. The van der Waals surface area contributed by atoms with E-state index in [2.05, 4.69) is 5.92 Å². The van der Waals surface area contributed by atoms with Crippen LogP contribution in [0, 0.1) is 25.1 Å². The van der Waals surface area contributed by atoms with Gasteiger partial charge in [0.2, 0.25) is 0 Å². The van der Waals surface area contributed by atoms with E-state index in [4.69, 9.17) is 6.42 Å². The molecule has 0 heterocycles. The average molecular weight is 162 g/mol. The first-order chi connectivity index (χ1) is 5.65. The molecule has 0 saturated heterocycles. The lowest BCUT2D eigenvalue weighted by Gasteiger charge is -2.05. The number of hydrogen-bond acceptors (Lipinski definition) is 0. The molecule has 0 fully saturated rings. The summed E-state index contributed by atoms with van der Waals surface area (Å²) in [6.45, 7) is 3.66. The average Bonchev–Trinajstić information content (AvgIpc) is 2.08. The van der Waals surface area contributed by atoms with Crippen molar-refractivity contribution in [2.24, 2.45) is 0 Å². The molecule has 0 spiro atoms. The Balaban J connectivity index is 3.06. The Kier molecular flexibility index (Phi) is 2.50. The number of rotatable bonds is 1. The van der Waals surface area contributed by atoms with E-state index in [9.17, 15) is 4.39 Å². The van der Waals surface area contributed by atoms with Crippen LogP contribution < -0.4 is 0 Å². The van der Waals surface area contributed by atoms with E-state index in [1.165, 1.54) is 6.07 Å². The van der Waals surface area contributed by atoms with Crippen molar-refractivity contribution >= 4 is 0 Å². The van der Waals surface area contributed by atoms with Crippen LogP contribution in [0.3, 0.4) is 0 Å². The van der Waals surface area contributed by atoms with Gasteiger partial charge in [-0.25, -0.2) is 4.39 Å². The fourth-order valence-electron chi connectivity index (χ4n) is 1.03. The van der Waals surface area contributed by atoms with Gasteiger partial charge in [-0.1, -0.05) is 18.1 Å². The highest BCUT2D eigenvalue weighted by Gasteiger charge is 2.03. The quantitative estimate of drug-likeness (QED) is 0.557. The van der Waals surface area contributed by atoms with E-state index >= 15 is 0 Å². The van der Waals surface area contributed by atoms with E-state index in [1.807, 2.05) is 6.92 Å². The number of hydrogen-bond donors (Lipinski definition) is 0. The summed E-state index contributed by atoms with van der Waals surface area (Å²) in [6, 6.07) is 4.98. The second kappa shape index (κ2) is 3.40. The molecule has 1 aromatic carbocycles. The molecule has 62 valence electrons. The third-order valence-corrected chi connectivity index (χ3v) is 1.93. The standard InChI is InChI=1S/C11H11F/c1-4-8(2)10-5-6-11(12)9(3)7-10/h1,5-8H,2-3H3. The van der Waals surface area contributed by atoms with Crippen LogP contribution in [0.5, 0.6) is 0 Å². The molecule has 0 aliphatic rings. The van der Waals surface area contributed by atoms with Crippen molar-refractivity contribution in [3.05, 3.63) is 35.1 Å². The van der Waals surface area contributed by atoms with Gasteiger partial charge in [0.15, 0.2) is 0 Å². The summed E-state index contributed by atoms with van der Waals surface area (Å²) in [4.78, 5) is 0. The molecule has 0 N–H and O–H groups in total. The molecule has 0 nitrogen and oxygen atoms in total. The van der Waals surface area contributed by atoms with Gasteiger partial charge in [-0.3, -0.25) is 0 Å². The van der Waals surface area contributed by atoms with Crippen molar-refractivity contribution in [2.75, 3.05) is 0 Å². The minimum Gasteiger partial charge on any atom is -0.207 e. The first-order valence-electron chi connectivity index (χ1n) is 3.87. The van der Waals surface area contributed by atoms with Gasteiger partial charge in [0.1, 0.15) is 5.82 Å². The Morgan fingerprint density at radius 1 is 1.50 bits per heavy atom. The zero-order chi connectivity index (χ0) is 9.14. The molecule has 1 rings (SSSR count). The van der Waals surface area contributed by atoms with Crippen molar-refractivity contribution in [3.8, 4) is 12.3 Å². The topological polar surface area (TPSA) is 0 Å². The lowest BCUT2D eigenvalue weighted by molar-refractivity contribution is 0.617. The first kappa shape index (κ1) is 8.80. The fraction of sp³-hybridized carbons (Fsp3) is 0.273. The van der Waals surface area contributed by atoms with Gasteiger partial charge < -0.3 is 0 Å². The Hall–Kier alpha value is -1.29. The van der Waals surface area contributed by atoms with Crippen LogP contribution >= 0.6 is 0 Å². The smallest absolute Gasteiger partial charge is 0.126 e. The maximum atomic E-state index is 12.8. The van der Waals surface area contributed by atoms with Gasteiger partial charge in [-0.05, 0) is 31.0 Å². The summed E-state index contributed by atoms with van der Waals surface area (Å²) in [5.41, 5.74) is 1.64. The van der Waals surface area contributed by atoms with Crippen molar-refractivity contribution in [1.29, 1.82) is 0 Å². The predicted molar refractivity (Wildman–Crippen MR) is 48.4 cm³/mol. The molecular formula is C11H11F. The van der Waals surface area contributed by atoms with Gasteiger partial charge in [0.25, 0.3) is 0 Å². The minimum absolute atomic E-state index is 0.0595. The van der Waals surface area contributed by atoms with Crippen LogP contribution in [0.4, 0.5) is 4.39 Å². The third kappa shape index (κ3) is 1.65. The Labute approximate surface area is 72.4 Å². The monoisotopic (exact) mass is 162 g/mol. The Bertz CT molecular complexity index is 320. The summed E-state index contributed by atoms with van der Waals surface area (Å²) in [5, 5.41) is 0. The van der Waals surface area contributed by atoms with Crippen molar-refractivity contribution < 1.29 is 4.39 Å². The highest BCUT2D eigenvalue weighted by Crippen LogP contribution is 2.17. The van der Waals surface area contributed by atoms with Crippen LogP contribution in [0.15, 0.2) is 18.2 Å². The highest BCUT2D eigenvalue weighted by molar-refractivity contribution is 5.30. The second-order valence-electron chi connectivity index (χ2n) is 2.90. The van der Waals surface area contributed by atoms with E-state index in [1.54, 1.807) is 19.1 Å².